The van der Waals surface area contributed by atoms with E-state index in [0.29, 0.717) is 5.69 Å². The van der Waals surface area contributed by atoms with Crippen molar-refractivity contribution in [3.63, 3.8) is 0 Å². The van der Waals surface area contributed by atoms with Crippen LogP contribution in [-0.2, 0) is 0 Å². The van der Waals surface area contributed by atoms with Crippen LogP contribution in [0.1, 0.15) is 9.88 Å². The smallest absolute Gasteiger partial charge is 0.141 e. The summed E-state index contributed by atoms with van der Waals surface area (Å²) in [5.41, 5.74) is 2.16. The summed E-state index contributed by atoms with van der Waals surface area (Å²) in [6, 6.07) is 5.30. The standard InChI is InChI=1S/C13H15N3OS/c1-8(12-7-15-9(2)18-12)16-13-10(14-3)5-4-6-11(13)17/h4-7,14,16-17H,1H2,2-3H3. The molecule has 0 aliphatic heterocycles. The molecule has 0 fully saturated rings. The van der Waals surface area contributed by atoms with E-state index in [1.54, 1.807) is 36.7 Å². The Balaban J connectivity index is 2.26. The van der Waals surface area contributed by atoms with Gasteiger partial charge < -0.3 is 15.7 Å². The predicted molar refractivity (Wildman–Crippen MR) is 77.2 cm³/mol. The van der Waals surface area contributed by atoms with Crippen LogP contribution in [0.25, 0.3) is 5.70 Å². The number of rotatable bonds is 4. The molecule has 0 bridgehead atoms. The molecule has 1 aromatic carbocycles. The van der Waals surface area contributed by atoms with E-state index in [-0.39, 0.29) is 5.75 Å². The normalized spacial score (nSPS) is 10.1. The average Bonchev–Trinajstić information content (AvgIpc) is 2.78. The number of aromatic hydroxyl groups is 1. The fourth-order valence-electron chi connectivity index (χ4n) is 1.59. The van der Waals surface area contributed by atoms with Gasteiger partial charge in [0.25, 0.3) is 0 Å². The summed E-state index contributed by atoms with van der Waals surface area (Å²) in [6.45, 7) is 5.92. The third kappa shape index (κ3) is 2.46. The molecule has 94 valence electrons. The van der Waals surface area contributed by atoms with E-state index in [0.717, 1.165) is 21.3 Å². The highest BCUT2D eigenvalue weighted by atomic mass is 32.1. The predicted octanol–water partition coefficient (Wildman–Crippen LogP) is 3.28. The Morgan fingerprint density at radius 2 is 2.22 bits per heavy atom. The zero-order chi connectivity index (χ0) is 13.1. The maximum absolute atomic E-state index is 9.87. The van der Waals surface area contributed by atoms with Crippen molar-refractivity contribution in [3.8, 4) is 5.75 Å². The topological polar surface area (TPSA) is 57.2 Å². The Labute approximate surface area is 110 Å². The summed E-state index contributed by atoms with van der Waals surface area (Å²) in [7, 11) is 1.81. The van der Waals surface area contributed by atoms with E-state index in [1.165, 1.54) is 0 Å². The fraction of sp³-hybridized carbons (Fsp3) is 0.154. The molecule has 2 aromatic rings. The molecule has 1 heterocycles. The number of anilines is 2. The van der Waals surface area contributed by atoms with Crippen molar-refractivity contribution in [2.24, 2.45) is 0 Å². The van der Waals surface area contributed by atoms with Gasteiger partial charge in [0, 0.05) is 13.2 Å². The van der Waals surface area contributed by atoms with E-state index >= 15 is 0 Å². The minimum atomic E-state index is 0.184. The second-order valence-electron chi connectivity index (χ2n) is 3.80. The minimum Gasteiger partial charge on any atom is -0.506 e. The van der Waals surface area contributed by atoms with Crippen molar-refractivity contribution >= 4 is 28.4 Å². The number of hydrogen-bond donors (Lipinski definition) is 3. The number of aromatic nitrogens is 1. The maximum Gasteiger partial charge on any atom is 0.141 e. The van der Waals surface area contributed by atoms with Gasteiger partial charge in [-0.25, -0.2) is 4.98 Å². The van der Waals surface area contributed by atoms with E-state index in [9.17, 15) is 5.11 Å². The Morgan fingerprint density at radius 1 is 1.44 bits per heavy atom. The number of nitrogens with one attached hydrogen (secondary N) is 2. The van der Waals surface area contributed by atoms with Gasteiger partial charge in [-0.2, -0.15) is 0 Å². The van der Waals surface area contributed by atoms with Gasteiger partial charge in [-0.1, -0.05) is 12.6 Å². The molecule has 0 aliphatic carbocycles. The first kappa shape index (κ1) is 12.4. The number of aryl methyl sites for hydroxylation is 1. The molecule has 0 unspecified atom stereocenters. The molecule has 0 radical (unpaired) electrons. The second-order valence-corrected chi connectivity index (χ2v) is 5.03. The molecule has 5 heteroatoms. The molecule has 2 rings (SSSR count). The van der Waals surface area contributed by atoms with E-state index in [2.05, 4.69) is 22.2 Å². The highest BCUT2D eigenvalue weighted by Gasteiger charge is 2.09. The maximum atomic E-state index is 9.87. The first-order chi connectivity index (χ1) is 8.61. The highest BCUT2D eigenvalue weighted by Crippen LogP contribution is 2.34. The van der Waals surface area contributed by atoms with Gasteiger partial charge >= 0.3 is 0 Å². The van der Waals surface area contributed by atoms with Gasteiger partial charge in [-0.05, 0) is 19.1 Å². The van der Waals surface area contributed by atoms with Gasteiger partial charge in [0.05, 0.1) is 21.3 Å². The summed E-state index contributed by atoms with van der Waals surface area (Å²) in [4.78, 5) is 5.14. The number of para-hydroxylation sites is 1. The summed E-state index contributed by atoms with van der Waals surface area (Å²) in [6.07, 6.45) is 1.77. The Bertz CT molecular complexity index is 577. The Hall–Kier alpha value is -2.01. The van der Waals surface area contributed by atoms with Crippen molar-refractivity contribution < 1.29 is 5.11 Å². The Morgan fingerprint density at radius 3 is 2.83 bits per heavy atom. The lowest BCUT2D eigenvalue weighted by Crippen LogP contribution is -2.00. The molecule has 0 saturated heterocycles. The molecule has 1 aromatic heterocycles. The van der Waals surface area contributed by atoms with E-state index in [4.69, 9.17) is 0 Å². The number of nitrogens with zero attached hydrogens (tertiary/aromatic N) is 1. The van der Waals surface area contributed by atoms with E-state index < -0.39 is 0 Å². The zero-order valence-corrected chi connectivity index (χ0v) is 11.1. The van der Waals surface area contributed by atoms with Crippen LogP contribution in [-0.4, -0.2) is 17.1 Å². The summed E-state index contributed by atoms with van der Waals surface area (Å²) < 4.78 is 0. The van der Waals surface area contributed by atoms with Crippen LogP contribution in [0.2, 0.25) is 0 Å². The summed E-state index contributed by atoms with van der Waals surface area (Å²) in [5.74, 6) is 0.184. The molecule has 0 aliphatic rings. The number of benzene rings is 1. The largest absolute Gasteiger partial charge is 0.506 e. The van der Waals surface area contributed by atoms with Gasteiger partial charge in [-0.3, -0.25) is 0 Å². The molecule has 0 saturated carbocycles. The molecule has 0 amide bonds. The van der Waals surface area contributed by atoms with Crippen molar-refractivity contribution in [1.82, 2.24) is 4.98 Å². The van der Waals surface area contributed by atoms with Crippen LogP contribution >= 0.6 is 11.3 Å². The molecule has 3 N–H and O–H groups in total. The lowest BCUT2D eigenvalue weighted by atomic mass is 10.2. The van der Waals surface area contributed by atoms with Crippen LogP contribution < -0.4 is 10.6 Å². The molecule has 4 nitrogen and oxygen atoms in total. The van der Waals surface area contributed by atoms with Crippen molar-refractivity contribution in [1.29, 1.82) is 0 Å². The molecule has 18 heavy (non-hydrogen) atoms. The van der Waals surface area contributed by atoms with Crippen LogP contribution in [0.3, 0.4) is 0 Å². The molecule has 0 atom stereocenters. The average molecular weight is 261 g/mol. The summed E-state index contributed by atoms with van der Waals surface area (Å²) in [5, 5.41) is 17.0. The van der Waals surface area contributed by atoms with Crippen LogP contribution in [0, 0.1) is 6.92 Å². The second kappa shape index (κ2) is 5.10. The number of hydrogen-bond acceptors (Lipinski definition) is 5. The Kier molecular flexibility index (Phi) is 3.53. The minimum absolute atomic E-state index is 0.184. The van der Waals surface area contributed by atoms with Crippen LogP contribution in [0.5, 0.6) is 5.75 Å². The van der Waals surface area contributed by atoms with Gasteiger partial charge in [-0.15, -0.1) is 11.3 Å². The molecular weight excluding hydrogens is 246 g/mol. The van der Waals surface area contributed by atoms with Gasteiger partial charge in [0.1, 0.15) is 11.4 Å². The van der Waals surface area contributed by atoms with E-state index in [1.807, 2.05) is 13.0 Å². The summed E-state index contributed by atoms with van der Waals surface area (Å²) >= 11 is 1.56. The quantitative estimate of drug-likeness (QED) is 0.739. The van der Waals surface area contributed by atoms with Gasteiger partial charge in [0.2, 0.25) is 0 Å². The van der Waals surface area contributed by atoms with Crippen LogP contribution in [0.4, 0.5) is 11.4 Å². The zero-order valence-electron chi connectivity index (χ0n) is 10.3. The number of thiazole rings is 1. The fourth-order valence-corrected chi connectivity index (χ4v) is 2.30. The molecule has 0 spiro atoms. The highest BCUT2D eigenvalue weighted by molar-refractivity contribution is 7.12. The van der Waals surface area contributed by atoms with Crippen LogP contribution in [0.15, 0.2) is 31.0 Å². The van der Waals surface area contributed by atoms with Crippen molar-refractivity contribution in [2.45, 2.75) is 6.92 Å². The van der Waals surface area contributed by atoms with Crippen molar-refractivity contribution in [2.75, 3.05) is 17.7 Å². The first-order valence-electron chi connectivity index (χ1n) is 5.50. The molecular formula is C13H15N3OS. The lowest BCUT2D eigenvalue weighted by molar-refractivity contribution is 0.478. The third-order valence-corrected chi connectivity index (χ3v) is 3.48. The number of phenols is 1. The van der Waals surface area contributed by atoms with Crippen molar-refractivity contribution in [3.05, 3.63) is 40.9 Å². The third-order valence-electron chi connectivity index (χ3n) is 2.51. The first-order valence-corrected chi connectivity index (χ1v) is 6.32. The lowest BCUT2D eigenvalue weighted by Gasteiger charge is -2.14. The van der Waals surface area contributed by atoms with Gasteiger partial charge in [0.15, 0.2) is 0 Å². The number of phenolic OH excluding ortho intramolecular Hbond substituents is 1. The monoisotopic (exact) mass is 261 g/mol. The SMILES string of the molecule is C=C(Nc1c(O)cccc1NC)c1cnc(C)s1.